The van der Waals surface area contributed by atoms with Gasteiger partial charge in [-0.1, -0.05) is 6.92 Å². The maximum atomic E-state index is 12.9. The van der Waals surface area contributed by atoms with E-state index in [0.717, 1.165) is 6.92 Å². The van der Waals surface area contributed by atoms with Crippen LogP contribution in [0, 0.1) is 5.92 Å². The number of hydrogen-bond donors (Lipinski definition) is 2. The molecule has 0 saturated heterocycles. The molecule has 0 aromatic heterocycles. The number of aliphatic hydroxyl groups is 2. The van der Waals surface area contributed by atoms with Crippen molar-refractivity contribution in [1.29, 1.82) is 0 Å². The quantitative estimate of drug-likeness (QED) is 0.129. The number of aliphatic hydroxyl groups excluding tert-OH is 2. The van der Waals surface area contributed by atoms with Crippen LogP contribution in [-0.2, 0) is 0 Å². The van der Waals surface area contributed by atoms with E-state index in [1.54, 1.807) is 13.3 Å². The average Bonchev–Trinajstić information content (AvgIpc) is 2.84. The molecule has 2 nitrogen and oxygen atoms in total. The van der Waals surface area contributed by atoms with Gasteiger partial charge in [0.05, 0.1) is 0 Å². The molecule has 0 aromatic rings. The van der Waals surface area contributed by atoms with Gasteiger partial charge in [0.25, 0.3) is 11.3 Å². The Hall–Kier alpha value is -0.261. The first-order chi connectivity index (χ1) is 18.9. The topological polar surface area (TPSA) is 40.5 Å². The molecule has 1 unspecified atom stereocenters. The molecule has 17 heteroatoms. The Balaban J connectivity index is -0.000000545. The van der Waals surface area contributed by atoms with Crippen molar-refractivity contribution in [3.63, 3.8) is 0 Å². The molecule has 0 spiro atoms. The fourth-order valence-electron chi connectivity index (χ4n) is 3.62. The molecule has 42 heavy (non-hydrogen) atoms. The van der Waals surface area contributed by atoms with Crippen LogP contribution < -0.4 is 0 Å². The van der Waals surface area contributed by atoms with Crippen LogP contribution in [0.25, 0.3) is 0 Å². The summed E-state index contributed by atoms with van der Waals surface area (Å²) in [5.41, 5.74) is -10.5. The second-order valence-electron chi connectivity index (χ2n) is 10.2. The smallest absolute Gasteiger partial charge is 0.396 e. The summed E-state index contributed by atoms with van der Waals surface area (Å²) in [6.45, 7) is 6.02. The molecule has 258 valence electrons. The Morgan fingerprint density at radius 2 is 0.833 bits per heavy atom. The first-order valence-electron chi connectivity index (χ1n) is 13.7. The molecular weight excluding hydrogens is 717 g/mol. The Bertz CT molecular complexity index is 616. The van der Waals surface area contributed by atoms with Gasteiger partial charge in [-0.3, -0.25) is 0 Å². The fourth-order valence-corrected chi connectivity index (χ4v) is 14.5. The van der Waals surface area contributed by atoms with Crippen molar-refractivity contribution in [2.75, 3.05) is 13.2 Å². The van der Waals surface area contributed by atoms with Crippen LogP contribution in [0.2, 0.25) is 13.3 Å². The van der Waals surface area contributed by atoms with Gasteiger partial charge in [0, 0.05) is 26.1 Å². The Morgan fingerprint density at radius 1 is 0.524 bits per heavy atom. The largest absolute Gasteiger partial charge is 0.431 e. The van der Waals surface area contributed by atoms with Crippen LogP contribution in [0.4, 0.5) is 61.5 Å². The van der Waals surface area contributed by atoms with Crippen molar-refractivity contribution in [3.05, 3.63) is 0 Å². The third-order valence-corrected chi connectivity index (χ3v) is 16.8. The first-order valence-corrected chi connectivity index (χ1v) is 20.7. The van der Waals surface area contributed by atoms with Gasteiger partial charge < -0.3 is 10.2 Å². The van der Waals surface area contributed by atoms with Crippen molar-refractivity contribution >= 4 is 19.8 Å². The standard InChI is InChI=1S/C7H9F7O.C6H7F7O.3C4H9.Sn.H/c1-4(3-15)2-5(8,6(9,10)11)7(12,13)14;7-4(2-1-3-14,5(8,9)10)6(11,12)13;3*1-3-4-2;;/h4,15H,2-3H2,1H3;14H,1-3H2;3*1,3-4H2,2H3;;. The van der Waals surface area contributed by atoms with Gasteiger partial charge in [-0.2, -0.15) is 52.7 Å². The monoisotopic (exact) mass is 762 g/mol. The molecular formula is C25H44F14O2Sn. The molecule has 0 radical (unpaired) electrons. The van der Waals surface area contributed by atoms with E-state index in [2.05, 4.69) is 20.8 Å². The van der Waals surface area contributed by atoms with E-state index >= 15 is 0 Å². The normalized spacial score (nSPS) is 14.2. The molecule has 0 bridgehead atoms. The molecule has 0 rings (SSSR count). The van der Waals surface area contributed by atoms with Gasteiger partial charge in [0.2, 0.25) is 0 Å². The van der Waals surface area contributed by atoms with Gasteiger partial charge in [-0.05, 0) is 12.3 Å². The third-order valence-electron chi connectivity index (χ3n) is 6.32. The average molecular weight is 761 g/mol. The van der Waals surface area contributed by atoms with E-state index < -0.39 is 94.2 Å². The van der Waals surface area contributed by atoms with Crippen LogP contribution >= 0.6 is 0 Å². The van der Waals surface area contributed by atoms with E-state index in [1.807, 2.05) is 0 Å². The molecule has 0 fully saturated rings. The number of unbranched alkanes of at least 4 members (excludes halogenated alkanes) is 3. The number of rotatable bonds is 15. The third kappa shape index (κ3) is 16.7. The van der Waals surface area contributed by atoms with E-state index in [-0.39, 0.29) is 0 Å². The van der Waals surface area contributed by atoms with Gasteiger partial charge in [0.1, 0.15) is 0 Å². The number of halogens is 14. The van der Waals surface area contributed by atoms with Gasteiger partial charge in [-0.15, -0.1) is 0 Å². The van der Waals surface area contributed by atoms with Crippen molar-refractivity contribution in [2.24, 2.45) is 5.92 Å². The second-order valence-corrected chi connectivity index (χ2v) is 20.1. The number of alkyl halides is 14. The summed E-state index contributed by atoms with van der Waals surface area (Å²) < 4.78 is 173. The van der Waals surface area contributed by atoms with Crippen LogP contribution in [0.1, 0.15) is 85.5 Å². The van der Waals surface area contributed by atoms with Crippen molar-refractivity contribution < 1.29 is 71.7 Å². The molecule has 0 saturated carbocycles. The molecule has 1 atom stereocenters. The zero-order chi connectivity index (χ0) is 34.1. The molecule has 0 heterocycles. The van der Waals surface area contributed by atoms with Crippen LogP contribution in [0.15, 0.2) is 0 Å². The van der Waals surface area contributed by atoms with E-state index in [4.69, 9.17) is 10.2 Å². The maximum Gasteiger partial charge on any atom is 0.431 e. The summed E-state index contributed by atoms with van der Waals surface area (Å²) in [5.74, 6) is -1.43. The summed E-state index contributed by atoms with van der Waals surface area (Å²) in [6, 6.07) is 0. The summed E-state index contributed by atoms with van der Waals surface area (Å²) in [7, 11) is 0. The van der Waals surface area contributed by atoms with Crippen molar-refractivity contribution in [2.45, 2.75) is 135 Å². The fraction of sp³-hybridized carbons (Fsp3) is 1.00. The Labute approximate surface area is 245 Å². The van der Waals surface area contributed by atoms with Gasteiger partial charge in [-0.25, -0.2) is 8.78 Å². The predicted octanol–water partition coefficient (Wildman–Crippen LogP) is 10.0. The summed E-state index contributed by atoms with van der Waals surface area (Å²) >= 11 is -0.967. The molecule has 0 aliphatic heterocycles. The van der Waals surface area contributed by atoms with Gasteiger partial charge >= 0.3 is 117 Å². The minimum absolute atomic E-state index is 0.895. The zero-order valence-corrected chi connectivity index (χ0v) is 27.5. The molecule has 0 amide bonds. The minimum atomic E-state index is -6.03. The van der Waals surface area contributed by atoms with Gasteiger partial charge in [0.15, 0.2) is 0 Å². The molecule has 0 aromatic carbocycles. The van der Waals surface area contributed by atoms with E-state index in [0.29, 0.717) is 0 Å². The molecule has 0 aliphatic carbocycles. The SMILES string of the molecule is CC(CO)CC(F)(C(F)(F)F)C(F)(F)F.CCC[CH2][SnH]([CH2]CCC)[CH2]CCC.OCCCC(F)(C(F)(F)F)C(F)(F)F. The first kappa shape index (κ1) is 46.2. The van der Waals surface area contributed by atoms with E-state index in [9.17, 15) is 61.5 Å². The Kier molecular flexibility index (Phi) is 22.8. The summed E-state index contributed by atoms with van der Waals surface area (Å²) in [5, 5.41) is 16.4. The predicted molar refractivity (Wildman–Crippen MR) is 135 cm³/mol. The van der Waals surface area contributed by atoms with Crippen LogP contribution in [0.3, 0.4) is 0 Å². The van der Waals surface area contributed by atoms with Crippen LogP contribution in [-0.4, -0.2) is 79.2 Å². The maximum absolute atomic E-state index is 12.9. The number of hydrogen-bond acceptors (Lipinski definition) is 2. The van der Waals surface area contributed by atoms with Crippen molar-refractivity contribution in [3.8, 4) is 0 Å². The molecule has 0 aliphatic rings. The van der Waals surface area contributed by atoms with E-state index in [1.165, 1.54) is 38.5 Å². The zero-order valence-electron chi connectivity index (χ0n) is 24.2. The molecule has 2 N–H and O–H groups in total. The van der Waals surface area contributed by atoms with Crippen LogP contribution in [0.5, 0.6) is 0 Å². The Morgan fingerprint density at radius 3 is 1.05 bits per heavy atom. The summed E-state index contributed by atoms with van der Waals surface area (Å²) in [4.78, 5) is 0. The second kappa shape index (κ2) is 20.7. The minimum Gasteiger partial charge on any atom is -0.396 e. The summed E-state index contributed by atoms with van der Waals surface area (Å²) in [6.07, 6.45) is -19.8. The van der Waals surface area contributed by atoms with Crippen molar-refractivity contribution in [1.82, 2.24) is 0 Å².